The molecule has 6 heteroatoms. The van der Waals surface area contributed by atoms with Gasteiger partial charge in [-0.25, -0.2) is 0 Å². The van der Waals surface area contributed by atoms with Gasteiger partial charge in [0.15, 0.2) is 0 Å². The van der Waals surface area contributed by atoms with Gasteiger partial charge in [-0.15, -0.1) is 0 Å². The van der Waals surface area contributed by atoms with Gasteiger partial charge in [-0.2, -0.15) is 8.42 Å². The third kappa shape index (κ3) is 1.06. The van der Waals surface area contributed by atoms with Crippen molar-refractivity contribution in [3.05, 3.63) is 17.7 Å². The Morgan fingerprint density at radius 2 is 2.15 bits per heavy atom. The number of nitrogen functional groups attached to an aromatic ring is 1. The SMILES string of the molecule is Nc1c(O)ccc2c1S(=O)(=O)OC2. The average Bonchev–Trinajstić information content (AvgIpc) is 2.35. The van der Waals surface area contributed by atoms with Crippen LogP contribution in [0, 0.1) is 0 Å². The number of nitrogens with two attached hydrogens (primary N) is 1. The molecule has 0 saturated carbocycles. The van der Waals surface area contributed by atoms with Crippen molar-refractivity contribution in [3.8, 4) is 5.75 Å². The molecule has 0 radical (unpaired) electrons. The molecule has 1 aromatic carbocycles. The maximum atomic E-state index is 11.2. The minimum Gasteiger partial charge on any atom is -0.506 e. The van der Waals surface area contributed by atoms with Gasteiger partial charge in [0.05, 0.1) is 12.3 Å². The molecule has 5 nitrogen and oxygen atoms in total. The Kier molecular flexibility index (Phi) is 1.52. The van der Waals surface area contributed by atoms with Gasteiger partial charge >= 0.3 is 0 Å². The van der Waals surface area contributed by atoms with Crippen LogP contribution in [0.25, 0.3) is 0 Å². The van der Waals surface area contributed by atoms with E-state index < -0.39 is 10.1 Å². The zero-order chi connectivity index (χ0) is 9.64. The number of aromatic hydroxyl groups is 1. The largest absolute Gasteiger partial charge is 0.506 e. The van der Waals surface area contributed by atoms with Crippen molar-refractivity contribution in [2.24, 2.45) is 0 Å². The van der Waals surface area contributed by atoms with E-state index in [1.165, 1.54) is 12.1 Å². The maximum Gasteiger partial charge on any atom is 0.299 e. The summed E-state index contributed by atoms with van der Waals surface area (Å²) in [4.78, 5) is -0.104. The molecule has 0 saturated heterocycles. The third-order valence-corrected chi connectivity index (χ3v) is 3.28. The van der Waals surface area contributed by atoms with Gasteiger partial charge in [-0.3, -0.25) is 4.18 Å². The summed E-state index contributed by atoms with van der Waals surface area (Å²) in [5, 5.41) is 9.17. The minimum absolute atomic E-state index is 0.0118. The highest BCUT2D eigenvalue weighted by atomic mass is 32.2. The van der Waals surface area contributed by atoms with Crippen LogP contribution >= 0.6 is 0 Å². The van der Waals surface area contributed by atoms with Gasteiger partial charge in [0.2, 0.25) is 0 Å². The van der Waals surface area contributed by atoms with E-state index in [4.69, 9.17) is 5.73 Å². The van der Waals surface area contributed by atoms with Crippen LogP contribution < -0.4 is 5.73 Å². The lowest BCUT2D eigenvalue weighted by molar-refractivity contribution is 0.328. The van der Waals surface area contributed by atoms with Crippen LogP contribution in [0.15, 0.2) is 17.0 Å². The Hall–Kier alpha value is -1.27. The highest BCUT2D eigenvalue weighted by Gasteiger charge is 2.31. The van der Waals surface area contributed by atoms with Gasteiger partial charge in [0.1, 0.15) is 10.6 Å². The molecular weight excluding hydrogens is 194 g/mol. The fourth-order valence-corrected chi connectivity index (χ4v) is 2.47. The molecule has 1 aliphatic heterocycles. The van der Waals surface area contributed by atoms with E-state index in [1.807, 2.05) is 0 Å². The summed E-state index contributed by atoms with van der Waals surface area (Å²) in [5.41, 5.74) is 5.74. The number of benzene rings is 1. The van der Waals surface area contributed by atoms with Crippen LogP contribution in [0.1, 0.15) is 5.56 Å². The standard InChI is InChI=1S/C7H7NO4S/c8-6-5(9)2-1-4-3-12-13(10,11)7(4)6/h1-2,9H,3,8H2. The molecule has 0 amide bonds. The number of fused-ring (bicyclic) bond motifs is 1. The smallest absolute Gasteiger partial charge is 0.299 e. The first-order valence-electron chi connectivity index (χ1n) is 3.52. The Bertz CT molecular complexity index is 466. The molecule has 0 atom stereocenters. The highest BCUT2D eigenvalue weighted by Crippen LogP contribution is 2.36. The summed E-state index contributed by atoms with van der Waals surface area (Å²) in [5.74, 6) is -0.243. The number of phenols is 1. The molecule has 0 spiro atoms. The zero-order valence-corrected chi connectivity index (χ0v) is 7.34. The van der Waals surface area contributed by atoms with E-state index in [-0.39, 0.29) is 22.9 Å². The molecule has 3 N–H and O–H groups in total. The van der Waals surface area contributed by atoms with E-state index in [0.29, 0.717) is 5.56 Å². The first-order chi connectivity index (χ1) is 6.02. The number of rotatable bonds is 0. The summed E-state index contributed by atoms with van der Waals surface area (Å²) in [6.45, 7) is -0.0118. The first-order valence-corrected chi connectivity index (χ1v) is 4.93. The van der Waals surface area contributed by atoms with Crippen molar-refractivity contribution in [1.82, 2.24) is 0 Å². The Balaban J connectivity index is 2.83. The average molecular weight is 201 g/mol. The van der Waals surface area contributed by atoms with Crippen molar-refractivity contribution in [2.45, 2.75) is 11.5 Å². The lowest BCUT2D eigenvalue weighted by Crippen LogP contribution is -2.01. The van der Waals surface area contributed by atoms with Crippen LogP contribution in [0.2, 0.25) is 0 Å². The Morgan fingerprint density at radius 3 is 2.85 bits per heavy atom. The summed E-state index contributed by atoms with van der Waals surface area (Å²) in [6.07, 6.45) is 0. The predicted molar refractivity (Wildman–Crippen MR) is 44.5 cm³/mol. The molecule has 0 aromatic heterocycles. The summed E-state index contributed by atoms with van der Waals surface area (Å²) < 4.78 is 27.0. The lowest BCUT2D eigenvalue weighted by Gasteiger charge is -2.02. The highest BCUT2D eigenvalue weighted by molar-refractivity contribution is 7.87. The van der Waals surface area contributed by atoms with Crippen LogP contribution in [0.5, 0.6) is 5.75 Å². The molecule has 1 heterocycles. The van der Waals surface area contributed by atoms with Crippen LogP contribution in [-0.4, -0.2) is 13.5 Å². The second-order valence-corrected chi connectivity index (χ2v) is 4.26. The molecule has 1 aromatic rings. The number of anilines is 1. The Morgan fingerprint density at radius 1 is 1.46 bits per heavy atom. The van der Waals surface area contributed by atoms with Gasteiger partial charge in [-0.05, 0) is 6.07 Å². The number of hydrogen-bond donors (Lipinski definition) is 2. The summed E-state index contributed by atoms with van der Waals surface area (Å²) in [7, 11) is -3.74. The molecule has 0 unspecified atom stereocenters. The second-order valence-electron chi connectivity index (χ2n) is 2.70. The predicted octanol–water partition coefficient (Wildman–Crippen LogP) is 0.193. The molecule has 2 rings (SSSR count). The molecule has 0 bridgehead atoms. The lowest BCUT2D eigenvalue weighted by atomic mass is 10.2. The van der Waals surface area contributed by atoms with Crippen molar-refractivity contribution >= 4 is 15.8 Å². The monoisotopic (exact) mass is 201 g/mol. The third-order valence-electron chi connectivity index (χ3n) is 1.87. The quantitative estimate of drug-likeness (QED) is 0.355. The molecule has 13 heavy (non-hydrogen) atoms. The van der Waals surface area contributed by atoms with Gasteiger partial charge in [-0.1, -0.05) is 6.07 Å². The minimum atomic E-state index is -3.74. The maximum absolute atomic E-state index is 11.2. The van der Waals surface area contributed by atoms with Crippen molar-refractivity contribution in [3.63, 3.8) is 0 Å². The molecule has 0 fully saturated rings. The van der Waals surface area contributed by atoms with Gasteiger partial charge in [0, 0.05) is 5.56 Å². The second kappa shape index (κ2) is 2.36. The van der Waals surface area contributed by atoms with Crippen molar-refractivity contribution in [1.29, 1.82) is 0 Å². The zero-order valence-electron chi connectivity index (χ0n) is 6.52. The molecule has 70 valence electrons. The van der Waals surface area contributed by atoms with Crippen molar-refractivity contribution < 1.29 is 17.7 Å². The van der Waals surface area contributed by atoms with E-state index >= 15 is 0 Å². The molecular formula is C7H7NO4S. The normalized spacial score (nSPS) is 18.5. The van der Waals surface area contributed by atoms with E-state index in [0.717, 1.165) is 0 Å². The van der Waals surface area contributed by atoms with Gasteiger partial charge in [0.25, 0.3) is 10.1 Å². The summed E-state index contributed by atoms with van der Waals surface area (Å²) in [6, 6.07) is 2.82. The van der Waals surface area contributed by atoms with E-state index in [2.05, 4.69) is 4.18 Å². The van der Waals surface area contributed by atoms with Crippen LogP contribution in [0.4, 0.5) is 5.69 Å². The van der Waals surface area contributed by atoms with Crippen LogP contribution in [-0.2, 0) is 20.9 Å². The molecule has 1 aliphatic rings. The van der Waals surface area contributed by atoms with E-state index in [1.54, 1.807) is 0 Å². The first kappa shape index (κ1) is 8.33. The van der Waals surface area contributed by atoms with Crippen LogP contribution in [0.3, 0.4) is 0 Å². The fourth-order valence-electron chi connectivity index (χ4n) is 1.24. The van der Waals surface area contributed by atoms with Gasteiger partial charge < -0.3 is 10.8 Å². The fraction of sp³-hybridized carbons (Fsp3) is 0.143. The topological polar surface area (TPSA) is 89.6 Å². The summed E-state index contributed by atoms with van der Waals surface area (Å²) >= 11 is 0. The molecule has 0 aliphatic carbocycles. The number of phenolic OH excluding ortho intramolecular Hbond substituents is 1. The van der Waals surface area contributed by atoms with E-state index in [9.17, 15) is 13.5 Å². The van der Waals surface area contributed by atoms with Crippen molar-refractivity contribution in [2.75, 3.05) is 5.73 Å². The Labute approximate surface area is 74.9 Å². The number of hydrogen-bond acceptors (Lipinski definition) is 5.